The Kier molecular flexibility index (Phi) is 123. The molecule has 34 valence electrons. The Morgan fingerprint density at radius 2 is 1.67 bits per heavy atom. The van der Waals surface area contributed by atoms with Crippen molar-refractivity contribution in [3.05, 3.63) is 6.92 Å². The van der Waals surface area contributed by atoms with Crippen LogP contribution in [0.25, 0.3) is 0 Å². The molecule has 0 spiro atoms. The first-order valence-electron chi connectivity index (χ1n) is 1.43. The average molecular weight is 126 g/mol. The van der Waals surface area contributed by atoms with Crippen molar-refractivity contribution in [3.63, 3.8) is 0 Å². The van der Waals surface area contributed by atoms with Crippen LogP contribution in [0.2, 0.25) is 0 Å². The van der Waals surface area contributed by atoms with Gasteiger partial charge in [0.15, 0.2) is 0 Å². The molecule has 0 fully saturated rings. The van der Waals surface area contributed by atoms with Crippen LogP contribution >= 0.6 is 0 Å². The van der Waals surface area contributed by atoms with Crippen molar-refractivity contribution in [2.45, 2.75) is 6.92 Å². The fraction of sp³-hybridized carbons (Fsp3) is 0.333. The van der Waals surface area contributed by atoms with Gasteiger partial charge in [0.05, 0.1) is 0 Å². The van der Waals surface area contributed by atoms with E-state index in [0.29, 0.717) is 0 Å². The van der Waals surface area contributed by atoms with Crippen molar-refractivity contribution in [1.82, 2.24) is 0 Å². The Morgan fingerprint density at radius 3 is 1.67 bits per heavy atom. The molecule has 0 aromatic heterocycles. The average Bonchev–Trinajstić information content (AvgIpc) is 1.46. The van der Waals surface area contributed by atoms with E-state index in [4.69, 9.17) is 5.26 Å². The van der Waals surface area contributed by atoms with E-state index < -0.39 is 0 Å². The molecule has 0 aliphatic carbocycles. The molecule has 0 aliphatic rings. The van der Waals surface area contributed by atoms with E-state index >= 15 is 0 Å². The van der Waals surface area contributed by atoms with Crippen molar-refractivity contribution >= 4 is 17.7 Å². The predicted octanol–water partition coefficient (Wildman–Crippen LogP) is 0.474. The molecule has 0 rings (SSSR count). The zero-order valence-electron chi connectivity index (χ0n) is 3.96. The van der Waals surface area contributed by atoms with E-state index in [9.17, 15) is 0 Å². The third-order valence-corrected chi connectivity index (χ3v) is 0. The molecule has 1 nitrogen and oxygen atoms in total. The summed E-state index contributed by atoms with van der Waals surface area (Å²) in [6.07, 6.45) is 0. The van der Waals surface area contributed by atoms with E-state index in [0.717, 1.165) is 0 Å². The van der Waals surface area contributed by atoms with Gasteiger partial charge in [0, 0.05) is 17.1 Å². The SMILES string of the molecule is [CH2]C.[Cu].[Li][C]#N. The van der Waals surface area contributed by atoms with Crippen LogP contribution in [0.4, 0.5) is 0 Å². The summed E-state index contributed by atoms with van der Waals surface area (Å²) in [5.41, 5.74) is 0. The second-order valence-corrected chi connectivity index (χ2v) is 0.224. The van der Waals surface area contributed by atoms with Crippen molar-refractivity contribution in [2.24, 2.45) is 0 Å². The molecular weight excluding hydrogens is 121 g/mol. The summed E-state index contributed by atoms with van der Waals surface area (Å²) in [6.45, 7) is 5.00. The topological polar surface area (TPSA) is 23.8 Å². The molecule has 0 heterocycles. The fourth-order valence-electron chi connectivity index (χ4n) is 0. The molecule has 6 heavy (non-hydrogen) atoms. The summed E-state index contributed by atoms with van der Waals surface area (Å²) in [5.74, 6) is 0. The maximum absolute atomic E-state index is 7.32. The summed E-state index contributed by atoms with van der Waals surface area (Å²) in [6, 6.07) is 0. The Hall–Kier alpha value is 0.607. The van der Waals surface area contributed by atoms with Crippen molar-refractivity contribution in [1.29, 1.82) is 5.26 Å². The first-order chi connectivity index (χ1) is 2.41. The number of hydrogen-bond donors (Lipinski definition) is 0. The van der Waals surface area contributed by atoms with E-state index in [-0.39, 0.29) is 17.1 Å². The van der Waals surface area contributed by atoms with Gasteiger partial charge in [-0.25, -0.2) is 0 Å². The Labute approximate surface area is 58.8 Å². The van der Waals surface area contributed by atoms with Crippen LogP contribution in [0.5, 0.6) is 0 Å². The number of hydrogen-bond acceptors (Lipinski definition) is 1. The van der Waals surface area contributed by atoms with Crippen molar-refractivity contribution in [2.75, 3.05) is 0 Å². The second kappa shape index (κ2) is 46.1. The summed E-state index contributed by atoms with van der Waals surface area (Å²) in [7, 11) is 0. The van der Waals surface area contributed by atoms with Gasteiger partial charge in [0.25, 0.3) is 0 Å². The standard InChI is InChI=1S/C2H5.CN.Cu.Li/c2*1-2;;/h1H2,2H3;;;. The van der Waals surface area contributed by atoms with Gasteiger partial charge in [0.1, 0.15) is 0 Å². The molecule has 0 N–H and O–H groups in total. The molecule has 0 amide bonds. The summed E-state index contributed by atoms with van der Waals surface area (Å²) < 4.78 is 1.75. The van der Waals surface area contributed by atoms with Crippen LogP contribution in [0.15, 0.2) is 0 Å². The van der Waals surface area contributed by atoms with Gasteiger partial charge in [-0.1, -0.05) is 13.8 Å². The van der Waals surface area contributed by atoms with Gasteiger partial charge in [-0.15, -0.1) is 0 Å². The predicted molar refractivity (Wildman–Crippen MR) is 22.4 cm³/mol. The van der Waals surface area contributed by atoms with Crippen LogP contribution in [0, 0.1) is 16.9 Å². The Balaban J connectivity index is -0.0000000275. The molecule has 0 aliphatic heterocycles. The van der Waals surface area contributed by atoms with E-state index in [1.807, 2.05) is 0 Å². The van der Waals surface area contributed by atoms with Crippen LogP contribution in [-0.2, 0) is 17.1 Å². The molecule has 0 saturated carbocycles. The van der Waals surface area contributed by atoms with Crippen LogP contribution < -0.4 is 0 Å². The van der Waals surface area contributed by atoms with E-state index in [1.54, 1.807) is 11.7 Å². The Morgan fingerprint density at radius 1 is 1.67 bits per heavy atom. The van der Waals surface area contributed by atoms with Crippen molar-refractivity contribution in [3.8, 4) is 4.74 Å². The molecule has 0 aromatic rings. The van der Waals surface area contributed by atoms with Gasteiger partial charge >= 0.3 is 27.7 Å². The zero-order chi connectivity index (χ0) is 4.71. The third kappa shape index (κ3) is 163. The van der Waals surface area contributed by atoms with E-state index in [1.165, 1.54) is 17.7 Å². The summed E-state index contributed by atoms with van der Waals surface area (Å²) in [4.78, 5) is 0. The minimum absolute atomic E-state index is 0. The quantitative estimate of drug-likeness (QED) is 0.432. The maximum atomic E-state index is 7.32. The molecule has 2 radical (unpaired) electrons. The normalized spacial score (nSPS) is 2.50. The molecule has 0 bridgehead atoms. The van der Waals surface area contributed by atoms with Crippen LogP contribution in [0.3, 0.4) is 0 Å². The molecule has 0 atom stereocenters. The van der Waals surface area contributed by atoms with Crippen molar-refractivity contribution < 1.29 is 17.1 Å². The van der Waals surface area contributed by atoms with Gasteiger partial charge in [-0.2, -0.15) is 0 Å². The molecule has 0 saturated heterocycles. The fourth-order valence-corrected chi connectivity index (χ4v) is 0. The number of nitrogens with zero attached hydrogens (tertiary/aromatic N) is 1. The van der Waals surface area contributed by atoms with Crippen LogP contribution in [-0.4, -0.2) is 17.7 Å². The monoisotopic (exact) mass is 125 g/mol. The minimum atomic E-state index is 0. The van der Waals surface area contributed by atoms with Gasteiger partial charge in [-0.3, -0.25) is 0 Å². The van der Waals surface area contributed by atoms with Crippen LogP contribution in [0.1, 0.15) is 6.92 Å². The molecular formula is C3H5CuLiN. The Bertz CT molecular complexity index is 32.3. The molecule has 3 heteroatoms. The zero-order valence-corrected chi connectivity index (χ0v) is 4.90. The van der Waals surface area contributed by atoms with Gasteiger partial charge in [0.2, 0.25) is 0 Å². The third-order valence-electron chi connectivity index (χ3n) is 0. The first-order valence-corrected chi connectivity index (χ1v) is 1.43. The second-order valence-electron chi connectivity index (χ2n) is 0.224. The van der Waals surface area contributed by atoms with E-state index in [2.05, 4.69) is 6.92 Å². The summed E-state index contributed by atoms with van der Waals surface area (Å²) >= 11 is 1.43. The van der Waals surface area contributed by atoms with Gasteiger partial charge in [-0.05, 0) is 0 Å². The summed E-state index contributed by atoms with van der Waals surface area (Å²) in [5, 5.41) is 7.32. The van der Waals surface area contributed by atoms with Gasteiger partial charge < -0.3 is 0 Å². The molecule has 0 unspecified atom stereocenters. The molecule has 0 aromatic carbocycles. The number of rotatable bonds is 0. The number of nitriles is 1. The first kappa shape index (κ1) is 16.0.